The Balaban J connectivity index is 2.33. The van der Waals surface area contributed by atoms with E-state index in [-0.39, 0.29) is 12.2 Å². The summed E-state index contributed by atoms with van der Waals surface area (Å²) in [6.45, 7) is 1.75. The molecule has 0 aliphatic carbocycles. The fourth-order valence-corrected chi connectivity index (χ4v) is 2.06. The van der Waals surface area contributed by atoms with Gasteiger partial charge in [-0.1, -0.05) is 0 Å². The minimum absolute atomic E-state index is 0.216. The second kappa shape index (κ2) is 9.00. The predicted octanol–water partition coefficient (Wildman–Crippen LogP) is 2.48. The molecule has 0 saturated carbocycles. The van der Waals surface area contributed by atoms with Gasteiger partial charge in [0.1, 0.15) is 11.6 Å². The van der Waals surface area contributed by atoms with Crippen LogP contribution in [0.1, 0.15) is 37.4 Å². The van der Waals surface area contributed by atoms with Gasteiger partial charge in [-0.2, -0.15) is 0 Å². The molecular weight excluding hydrogens is 264 g/mol. The van der Waals surface area contributed by atoms with Gasteiger partial charge in [-0.15, -0.1) is 0 Å². The molecule has 0 heterocycles. The van der Waals surface area contributed by atoms with Crippen LogP contribution in [-0.4, -0.2) is 41.9 Å². The molecule has 0 bridgehead atoms. The summed E-state index contributed by atoms with van der Waals surface area (Å²) in [7, 11) is 1.94. The maximum absolute atomic E-state index is 13.0. The van der Waals surface area contributed by atoms with E-state index < -0.39 is 17.7 Å². The highest BCUT2D eigenvalue weighted by Crippen LogP contribution is 2.19. The lowest BCUT2D eigenvalue weighted by Crippen LogP contribution is -2.22. The molecule has 114 valence electrons. The lowest BCUT2D eigenvalue weighted by Gasteiger charge is -2.19. The van der Waals surface area contributed by atoms with Crippen LogP contribution in [0.25, 0.3) is 0 Å². The van der Waals surface area contributed by atoms with Crippen molar-refractivity contribution in [3.8, 4) is 0 Å². The molecule has 0 aliphatic rings. The molecule has 20 heavy (non-hydrogen) atoms. The number of hydrogen-bond acceptors (Lipinski definition) is 3. The predicted molar refractivity (Wildman–Crippen MR) is 74.4 cm³/mol. The molecule has 5 heteroatoms. The van der Waals surface area contributed by atoms with Crippen molar-refractivity contribution in [3.63, 3.8) is 0 Å². The first kappa shape index (κ1) is 17.0. The highest BCUT2D eigenvalue weighted by Gasteiger charge is 2.11. The second-order valence-corrected chi connectivity index (χ2v) is 5.09. The fraction of sp³-hybridized carbons (Fsp3) is 0.600. The van der Waals surface area contributed by atoms with Crippen molar-refractivity contribution >= 4 is 0 Å². The van der Waals surface area contributed by atoms with Gasteiger partial charge in [-0.25, -0.2) is 8.78 Å². The third-order valence-corrected chi connectivity index (χ3v) is 3.25. The molecule has 0 spiro atoms. The third kappa shape index (κ3) is 6.41. The van der Waals surface area contributed by atoms with Crippen LogP contribution in [0.3, 0.4) is 0 Å². The van der Waals surface area contributed by atoms with E-state index in [9.17, 15) is 13.9 Å². The summed E-state index contributed by atoms with van der Waals surface area (Å²) in [6.07, 6.45) is 2.33. The standard InChI is InChI=1S/C15H23F2NO2/c1-18(6-3-2-4-8-19)7-5-15(20)12-9-13(16)11-14(17)10-12/h9-11,15,19-20H,2-8H2,1H3. The van der Waals surface area contributed by atoms with Crippen LogP contribution in [0, 0.1) is 11.6 Å². The lowest BCUT2D eigenvalue weighted by molar-refractivity contribution is 0.147. The molecule has 0 saturated heterocycles. The molecular formula is C15H23F2NO2. The van der Waals surface area contributed by atoms with Crippen LogP contribution in [0.5, 0.6) is 0 Å². The van der Waals surface area contributed by atoms with Crippen molar-refractivity contribution in [2.24, 2.45) is 0 Å². The Morgan fingerprint density at radius 3 is 2.30 bits per heavy atom. The van der Waals surface area contributed by atoms with Gasteiger partial charge in [-0.3, -0.25) is 0 Å². The first-order chi connectivity index (χ1) is 9.52. The van der Waals surface area contributed by atoms with E-state index >= 15 is 0 Å². The zero-order valence-electron chi connectivity index (χ0n) is 11.9. The van der Waals surface area contributed by atoms with Crippen LogP contribution in [0.2, 0.25) is 0 Å². The Kier molecular flexibility index (Phi) is 7.65. The van der Waals surface area contributed by atoms with Crippen molar-refractivity contribution in [3.05, 3.63) is 35.4 Å². The van der Waals surface area contributed by atoms with E-state index in [1.165, 1.54) is 0 Å². The monoisotopic (exact) mass is 287 g/mol. The zero-order valence-corrected chi connectivity index (χ0v) is 11.9. The van der Waals surface area contributed by atoms with E-state index in [0.717, 1.165) is 44.0 Å². The zero-order chi connectivity index (χ0) is 15.0. The number of rotatable bonds is 9. The van der Waals surface area contributed by atoms with E-state index in [1.54, 1.807) is 0 Å². The minimum Gasteiger partial charge on any atom is -0.396 e. The van der Waals surface area contributed by atoms with Crippen LogP contribution in [0.15, 0.2) is 18.2 Å². The molecule has 2 N–H and O–H groups in total. The highest BCUT2D eigenvalue weighted by atomic mass is 19.1. The number of aliphatic hydroxyl groups is 2. The van der Waals surface area contributed by atoms with Crippen LogP contribution in [0.4, 0.5) is 8.78 Å². The third-order valence-electron chi connectivity index (χ3n) is 3.25. The maximum atomic E-state index is 13.0. The number of aliphatic hydroxyl groups excluding tert-OH is 2. The first-order valence-corrected chi connectivity index (χ1v) is 6.96. The van der Waals surface area contributed by atoms with Gasteiger partial charge in [0, 0.05) is 19.2 Å². The topological polar surface area (TPSA) is 43.7 Å². The molecule has 0 aliphatic heterocycles. The fourth-order valence-electron chi connectivity index (χ4n) is 2.06. The van der Waals surface area contributed by atoms with Crippen molar-refractivity contribution in [2.45, 2.75) is 31.8 Å². The SMILES string of the molecule is CN(CCCCCO)CCC(O)c1cc(F)cc(F)c1. The largest absolute Gasteiger partial charge is 0.396 e. The summed E-state index contributed by atoms with van der Waals surface area (Å²) in [6, 6.07) is 3.12. The van der Waals surface area contributed by atoms with Crippen molar-refractivity contribution in [2.75, 3.05) is 26.7 Å². The summed E-state index contributed by atoms with van der Waals surface area (Å²) in [4.78, 5) is 2.07. The van der Waals surface area contributed by atoms with Crippen molar-refractivity contribution < 1.29 is 19.0 Å². The number of unbranched alkanes of at least 4 members (excludes halogenated alkanes) is 2. The summed E-state index contributed by atoms with van der Waals surface area (Å²) in [5.74, 6) is -1.34. The number of benzene rings is 1. The molecule has 1 atom stereocenters. The summed E-state index contributed by atoms with van der Waals surface area (Å²) >= 11 is 0. The van der Waals surface area contributed by atoms with Crippen molar-refractivity contribution in [1.82, 2.24) is 4.90 Å². The first-order valence-electron chi connectivity index (χ1n) is 6.96. The van der Waals surface area contributed by atoms with Crippen LogP contribution in [-0.2, 0) is 0 Å². The van der Waals surface area contributed by atoms with Gasteiger partial charge >= 0.3 is 0 Å². The van der Waals surface area contributed by atoms with E-state index in [2.05, 4.69) is 4.90 Å². The molecule has 1 aromatic rings. The molecule has 0 aromatic heterocycles. The molecule has 1 unspecified atom stereocenters. The summed E-state index contributed by atoms with van der Waals surface area (Å²) in [5, 5.41) is 18.6. The minimum atomic E-state index is -0.861. The highest BCUT2D eigenvalue weighted by molar-refractivity contribution is 5.20. The average Bonchev–Trinajstić information content (AvgIpc) is 2.40. The Labute approximate surface area is 118 Å². The van der Waals surface area contributed by atoms with Gasteiger partial charge in [-0.05, 0) is 57.0 Å². The molecule has 0 radical (unpaired) electrons. The maximum Gasteiger partial charge on any atom is 0.126 e. The van der Waals surface area contributed by atoms with Crippen LogP contribution >= 0.6 is 0 Å². The molecule has 1 rings (SSSR count). The lowest BCUT2D eigenvalue weighted by atomic mass is 10.1. The Morgan fingerprint density at radius 1 is 1.05 bits per heavy atom. The van der Waals surface area contributed by atoms with Gasteiger partial charge in [0.2, 0.25) is 0 Å². The van der Waals surface area contributed by atoms with Crippen molar-refractivity contribution in [1.29, 1.82) is 0 Å². The van der Waals surface area contributed by atoms with Crippen LogP contribution < -0.4 is 0 Å². The van der Waals surface area contributed by atoms with Gasteiger partial charge < -0.3 is 15.1 Å². The van der Waals surface area contributed by atoms with Gasteiger partial charge in [0.05, 0.1) is 6.10 Å². The number of hydrogen-bond donors (Lipinski definition) is 2. The molecule has 0 amide bonds. The van der Waals surface area contributed by atoms with E-state index in [0.29, 0.717) is 13.0 Å². The number of halogens is 2. The smallest absolute Gasteiger partial charge is 0.126 e. The van der Waals surface area contributed by atoms with Gasteiger partial charge in [0.15, 0.2) is 0 Å². The summed E-state index contributed by atoms with van der Waals surface area (Å²) < 4.78 is 26.1. The van der Waals surface area contributed by atoms with E-state index in [1.807, 2.05) is 7.05 Å². The molecule has 1 aromatic carbocycles. The Morgan fingerprint density at radius 2 is 1.70 bits per heavy atom. The molecule has 3 nitrogen and oxygen atoms in total. The second-order valence-electron chi connectivity index (χ2n) is 5.09. The quantitative estimate of drug-likeness (QED) is 0.686. The van der Waals surface area contributed by atoms with Gasteiger partial charge in [0.25, 0.3) is 0 Å². The Hall–Kier alpha value is -1.04. The number of nitrogens with zero attached hydrogens (tertiary/aromatic N) is 1. The molecule has 0 fully saturated rings. The Bertz CT molecular complexity index is 381. The van der Waals surface area contributed by atoms with E-state index in [4.69, 9.17) is 5.11 Å². The average molecular weight is 287 g/mol. The normalized spacial score (nSPS) is 12.9. The summed E-state index contributed by atoms with van der Waals surface area (Å²) in [5.41, 5.74) is 0.274.